The fraction of sp³-hybridized carbons (Fsp3) is 0.136. The van der Waals surface area contributed by atoms with Gasteiger partial charge in [-0.2, -0.15) is 20.1 Å². The van der Waals surface area contributed by atoms with E-state index in [1.54, 1.807) is 31.2 Å². The minimum Gasteiger partial charge on any atom is -0.326 e. The lowest BCUT2D eigenvalue weighted by molar-refractivity contribution is -0.115. The summed E-state index contributed by atoms with van der Waals surface area (Å²) in [7, 11) is 0. The van der Waals surface area contributed by atoms with Gasteiger partial charge in [0, 0.05) is 23.1 Å². The van der Waals surface area contributed by atoms with Gasteiger partial charge in [-0.1, -0.05) is 40.9 Å². The first-order chi connectivity index (χ1) is 15.8. The molecule has 0 radical (unpaired) electrons. The number of anilines is 5. The van der Waals surface area contributed by atoms with Crippen LogP contribution < -0.4 is 16.0 Å². The van der Waals surface area contributed by atoms with Gasteiger partial charge in [0.25, 0.3) is 0 Å². The third kappa shape index (κ3) is 6.18. The topological polar surface area (TPSA) is 121 Å². The van der Waals surface area contributed by atoms with Crippen LogP contribution in [0.25, 0.3) is 0 Å². The maximum atomic E-state index is 12.3. The molecular weight excluding hydrogens is 463 g/mol. The molecule has 0 aliphatic heterocycles. The molecule has 4 aromatic rings. The van der Waals surface area contributed by atoms with E-state index in [9.17, 15) is 4.79 Å². The Balaban J connectivity index is 1.40. The van der Waals surface area contributed by atoms with Crippen LogP contribution in [0.2, 0.25) is 10.0 Å². The second kappa shape index (κ2) is 9.85. The maximum absolute atomic E-state index is 12.3. The van der Waals surface area contributed by atoms with Crippen molar-refractivity contribution in [2.45, 2.75) is 20.3 Å². The van der Waals surface area contributed by atoms with Crippen molar-refractivity contribution in [3.63, 3.8) is 0 Å². The van der Waals surface area contributed by atoms with E-state index < -0.39 is 0 Å². The standard InChI is InChI=1S/C22H20Cl2N8O/c1-12-3-5-14(6-4-12)27-20(33)11-16-10-19(32-31-16)29-22-26-13(2)25-21(30-22)28-15-7-8-17(23)18(24)9-15/h3-10H,11H2,1-2H3,(H,27,33)(H3,25,26,28,29,30,31,32). The highest BCUT2D eigenvalue weighted by atomic mass is 35.5. The zero-order chi connectivity index (χ0) is 23.4. The van der Waals surface area contributed by atoms with Gasteiger partial charge in [-0.25, -0.2) is 0 Å². The Morgan fingerprint density at radius 1 is 0.879 bits per heavy atom. The fourth-order valence-electron chi connectivity index (χ4n) is 2.94. The van der Waals surface area contributed by atoms with Gasteiger partial charge in [-0.15, -0.1) is 0 Å². The van der Waals surface area contributed by atoms with Crippen LogP contribution in [0.3, 0.4) is 0 Å². The molecule has 2 heterocycles. The summed E-state index contributed by atoms with van der Waals surface area (Å²) in [6.07, 6.45) is 0.142. The quantitative estimate of drug-likeness (QED) is 0.286. The van der Waals surface area contributed by atoms with Gasteiger partial charge in [0.15, 0.2) is 5.82 Å². The molecule has 9 nitrogen and oxygen atoms in total. The first kappa shape index (κ1) is 22.5. The number of benzene rings is 2. The lowest BCUT2D eigenvalue weighted by atomic mass is 10.2. The molecule has 0 saturated carbocycles. The molecule has 0 atom stereocenters. The number of nitrogens with one attached hydrogen (secondary N) is 4. The van der Waals surface area contributed by atoms with Crippen molar-refractivity contribution in [3.8, 4) is 0 Å². The Kier molecular flexibility index (Phi) is 6.71. The third-order valence-electron chi connectivity index (χ3n) is 4.48. The van der Waals surface area contributed by atoms with Gasteiger partial charge in [0.2, 0.25) is 17.8 Å². The highest BCUT2D eigenvalue weighted by Crippen LogP contribution is 2.26. The number of hydrogen-bond donors (Lipinski definition) is 4. The number of H-pyrrole nitrogens is 1. The molecule has 0 bridgehead atoms. The summed E-state index contributed by atoms with van der Waals surface area (Å²) in [6, 6.07) is 14.4. The zero-order valence-electron chi connectivity index (χ0n) is 17.8. The van der Waals surface area contributed by atoms with Gasteiger partial charge in [-0.3, -0.25) is 9.89 Å². The SMILES string of the molecule is Cc1ccc(NC(=O)Cc2cc(Nc3nc(C)nc(Nc4ccc(Cl)c(Cl)c4)n3)n[nH]2)cc1. The normalized spacial score (nSPS) is 10.7. The predicted molar refractivity (Wildman–Crippen MR) is 130 cm³/mol. The molecule has 2 aromatic carbocycles. The second-order valence-electron chi connectivity index (χ2n) is 7.28. The predicted octanol–water partition coefficient (Wildman–Crippen LogP) is 5.19. The summed E-state index contributed by atoms with van der Waals surface area (Å²) in [6.45, 7) is 3.74. The van der Waals surface area contributed by atoms with E-state index in [0.717, 1.165) is 11.3 Å². The largest absolute Gasteiger partial charge is 0.326 e. The van der Waals surface area contributed by atoms with Gasteiger partial charge < -0.3 is 16.0 Å². The third-order valence-corrected chi connectivity index (χ3v) is 5.22. The maximum Gasteiger partial charge on any atom is 0.233 e. The van der Waals surface area contributed by atoms with Crippen LogP contribution in [0, 0.1) is 13.8 Å². The van der Waals surface area contributed by atoms with Crippen LogP contribution in [0.4, 0.5) is 29.1 Å². The Morgan fingerprint density at radius 3 is 2.30 bits per heavy atom. The Bertz CT molecular complexity index is 1290. The van der Waals surface area contributed by atoms with E-state index in [4.69, 9.17) is 23.2 Å². The molecule has 1 amide bonds. The van der Waals surface area contributed by atoms with Gasteiger partial charge in [0.1, 0.15) is 5.82 Å². The number of halogens is 2. The van der Waals surface area contributed by atoms with E-state index in [2.05, 4.69) is 41.1 Å². The minimum atomic E-state index is -0.154. The lowest BCUT2D eigenvalue weighted by Crippen LogP contribution is -2.14. The van der Waals surface area contributed by atoms with E-state index >= 15 is 0 Å². The molecular formula is C22H20Cl2N8O. The molecule has 0 spiro atoms. The average molecular weight is 483 g/mol. The van der Waals surface area contributed by atoms with Crippen molar-refractivity contribution in [2.75, 3.05) is 16.0 Å². The summed E-state index contributed by atoms with van der Waals surface area (Å²) in [4.78, 5) is 25.2. The van der Waals surface area contributed by atoms with Gasteiger partial charge in [-0.05, 0) is 44.2 Å². The molecule has 33 heavy (non-hydrogen) atoms. The van der Waals surface area contributed by atoms with E-state index in [1.807, 2.05) is 31.2 Å². The van der Waals surface area contributed by atoms with Crippen LogP contribution in [0.5, 0.6) is 0 Å². The van der Waals surface area contributed by atoms with Crippen molar-refractivity contribution in [1.29, 1.82) is 0 Å². The zero-order valence-corrected chi connectivity index (χ0v) is 19.3. The van der Waals surface area contributed by atoms with Crippen LogP contribution in [0.1, 0.15) is 17.1 Å². The van der Waals surface area contributed by atoms with Crippen LogP contribution in [-0.2, 0) is 11.2 Å². The van der Waals surface area contributed by atoms with Gasteiger partial charge >= 0.3 is 0 Å². The molecule has 4 N–H and O–H groups in total. The summed E-state index contributed by atoms with van der Waals surface area (Å²) in [5.74, 6) is 1.45. The highest BCUT2D eigenvalue weighted by molar-refractivity contribution is 6.42. The number of aryl methyl sites for hydroxylation is 2. The van der Waals surface area contributed by atoms with E-state index in [0.29, 0.717) is 45.0 Å². The number of aromatic nitrogens is 5. The minimum absolute atomic E-state index is 0.142. The van der Waals surface area contributed by atoms with Gasteiger partial charge in [0.05, 0.1) is 16.5 Å². The number of carbonyl (C=O) groups excluding carboxylic acids is 1. The fourth-order valence-corrected chi connectivity index (χ4v) is 3.24. The lowest BCUT2D eigenvalue weighted by Gasteiger charge is -2.08. The summed E-state index contributed by atoms with van der Waals surface area (Å²) >= 11 is 12.0. The van der Waals surface area contributed by atoms with Crippen molar-refractivity contribution in [1.82, 2.24) is 25.1 Å². The van der Waals surface area contributed by atoms with Crippen LogP contribution >= 0.6 is 23.2 Å². The molecule has 11 heteroatoms. The number of nitrogens with zero attached hydrogens (tertiary/aromatic N) is 4. The molecule has 0 aliphatic rings. The number of amides is 1. The Hall–Kier alpha value is -3.69. The summed E-state index contributed by atoms with van der Waals surface area (Å²) in [5.41, 5.74) is 3.19. The number of rotatable bonds is 7. The average Bonchev–Trinajstić information content (AvgIpc) is 3.18. The Labute approximate surface area is 200 Å². The number of aromatic amines is 1. The molecule has 168 valence electrons. The highest BCUT2D eigenvalue weighted by Gasteiger charge is 2.11. The second-order valence-corrected chi connectivity index (χ2v) is 8.09. The molecule has 0 saturated heterocycles. The summed E-state index contributed by atoms with van der Waals surface area (Å²) < 4.78 is 0. The number of hydrogen-bond acceptors (Lipinski definition) is 7. The molecule has 0 aliphatic carbocycles. The monoisotopic (exact) mass is 482 g/mol. The van der Waals surface area contributed by atoms with Crippen molar-refractivity contribution in [3.05, 3.63) is 75.7 Å². The number of carbonyl (C=O) groups is 1. The van der Waals surface area contributed by atoms with Crippen LogP contribution in [0.15, 0.2) is 48.5 Å². The first-order valence-corrected chi connectivity index (χ1v) is 10.7. The van der Waals surface area contributed by atoms with E-state index in [1.165, 1.54) is 0 Å². The molecule has 2 aromatic heterocycles. The summed E-state index contributed by atoms with van der Waals surface area (Å²) in [5, 5.41) is 16.8. The molecule has 0 fully saturated rings. The van der Waals surface area contributed by atoms with Crippen molar-refractivity contribution >= 4 is 58.2 Å². The first-order valence-electron chi connectivity index (χ1n) is 9.96. The Morgan fingerprint density at radius 2 is 1.58 bits per heavy atom. The van der Waals surface area contributed by atoms with E-state index in [-0.39, 0.29) is 12.3 Å². The molecule has 4 rings (SSSR count). The van der Waals surface area contributed by atoms with Crippen molar-refractivity contribution < 1.29 is 4.79 Å². The van der Waals surface area contributed by atoms with Crippen molar-refractivity contribution in [2.24, 2.45) is 0 Å². The molecule has 0 unspecified atom stereocenters. The smallest absolute Gasteiger partial charge is 0.233 e. The van der Waals surface area contributed by atoms with Crippen LogP contribution in [-0.4, -0.2) is 31.1 Å².